The molecule has 0 aliphatic heterocycles. The first-order chi connectivity index (χ1) is 7.83. The molecule has 4 nitrogen and oxygen atoms in total. The van der Waals surface area contributed by atoms with Crippen LogP contribution in [0.4, 0.5) is 10.8 Å². The van der Waals surface area contributed by atoms with E-state index in [0.29, 0.717) is 18.3 Å². The van der Waals surface area contributed by atoms with Crippen LogP contribution in [0.3, 0.4) is 0 Å². The molecule has 0 aromatic carbocycles. The lowest BCUT2D eigenvalue weighted by molar-refractivity contribution is 0.283. The van der Waals surface area contributed by atoms with E-state index in [1.165, 1.54) is 29.9 Å². The molecule has 2 rings (SSSR count). The van der Waals surface area contributed by atoms with Gasteiger partial charge in [0.2, 0.25) is 0 Å². The Morgan fingerprint density at radius 2 is 2.19 bits per heavy atom. The predicted molar refractivity (Wildman–Crippen MR) is 67.9 cm³/mol. The Bertz CT molecular complexity index is 336. The van der Waals surface area contributed by atoms with Crippen molar-refractivity contribution in [3.05, 3.63) is 5.56 Å². The van der Waals surface area contributed by atoms with Gasteiger partial charge < -0.3 is 16.2 Å². The molecule has 0 unspecified atom stereocenters. The highest BCUT2D eigenvalue weighted by Gasteiger charge is 2.30. The molecule has 5 heteroatoms. The van der Waals surface area contributed by atoms with Gasteiger partial charge in [-0.3, -0.25) is 0 Å². The summed E-state index contributed by atoms with van der Waals surface area (Å²) in [6, 6.07) is 0. The summed E-state index contributed by atoms with van der Waals surface area (Å²) in [6.45, 7) is 1.24. The van der Waals surface area contributed by atoms with Crippen LogP contribution in [0, 0.1) is 0 Å². The van der Waals surface area contributed by atoms with E-state index >= 15 is 0 Å². The molecule has 1 heterocycles. The first kappa shape index (κ1) is 11.7. The Morgan fingerprint density at radius 1 is 1.38 bits per heavy atom. The Labute approximate surface area is 100 Å². The summed E-state index contributed by atoms with van der Waals surface area (Å²) in [5, 5.41) is 13.2. The number of anilines is 2. The van der Waals surface area contributed by atoms with Gasteiger partial charge in [-0.2, -0.15) is 4.37 Å². The Kier molecular flexibility index (Phi) is 4.01. The Hall–Kier alpha value is -0.810. The van der Waals surface area contributed by atoms with Crippen LogP contribution in [-0.2, 0) is 0 Å². The molecule has 90 valence electrons. The van der Waals surface area contributed by atoms with E-state index in [0.717, 1.165) is 30.8 Å². The van der Waals surface area contributed by atoms with Crippen molar-refractivity contribution < 1.29 is 5.11 Å². The lowest BCUT2D eigenvalue weighted by Crippen LogP contribution is -2.02. The van der Waals surface area contributed by atoms with Crippen molar-refractivity contribution in [1.82, 2.24) is 4.37 Å². The number of unbranched alkanes of at least 4 members (excludes halogenated alkanes) is 2. The summed E-state index contributed by atoms with van der Waals surface area (Å²) in [4.78, 5) is 0. The third-order valence-corrected chi connectivity index (χ3v) is 3.70. The molecule has 0 radical (unpaired) electrons. The van der Waals surface area contributed by atoms with E-state index in [-0.39, 0.29) is 0 Å². The fourth-order valence-electron chi connectivity index (χ4n) is 1.82. The molecule has 0 atom stereocenters. The van der Waals surface area contributed by atoms with Crippen LogP contribution >= 0.6 is 11.5 Å². The summed E-state index contributed by atoms with van der Waals surface area (Å²) < 4.78 is 4.21. The van der Waals surface area contributed by atoms with E-state index in [4.69, 9.17) is 10.8 Å². The number of rotatable bonds is 7. The third kappa shape index (κ3) is 2.86. The second kappa shape index (κ2) is 5.50. The van der Waals surface area contributed by atoms with E-state index in [9.17, 15) is 0 Å². The van der Waals surface area contributed by atoms with Crippen molar-refractivity contribution in [3.8, 4) is 0 Å². The molecular weight excluding hydrogens is 222 g/mol. The van der Waals surface area contributed by atoms with Crippen molar-refractivity contribution in [3.63, 3.8) is 0 Å². The molecule has 1 aromatic rings. The molecule has 1 aliphatic rings. The molecule has 4 N–H and O–H groups in total. The van der Waals surface area contributed by atoms with Crippen molar-refractivity contribution in [1.29, 1.82) is 0 Å². The van der Waals surface area contributed by atoms with Crippen LogP contribution in [0.2, 0.25) is 0 Å². The van der Waals surface area contributed by atoms with E-state index in [1.54, 1.807) is 0 Å². The fraction of sp³-hybridized carbons (Fsp3) is 0.727. The van der Waals surface area contributed by atoms with Gasteiger partial charge in [0.25, 0.3) is 0 Å². The van der Waals surface area contributed by atoms with Crippen LogP contribution in [0.25, 0.3) is 0 Å². The predicted octanol–water partition coefficient (Wildman–Crippen LogP) is 2.18. The van der Waals surface area contributed by atoms with Crippen molar-refractivity contribution in [2.45, 2.75) is 38.0 Å². The van der Waals surface area contributed by atoms with E-state index in [1.807, 2.05) is 0 Å². The molecule has 0 bridgehead atoms. The molecule has 0 spiro atoms. The zero-order chi connectivity index (χ0) is 11.4. The number of aliphatic hydroxyl groups is 1. The second-order valence-corrected chi connectivity index (χ2v) is 5.07. The summed E-state index contributed by atoms with van der Waals surface area (Å²) >= 11 is 1.47. The van der Waals surface area contributed by atoms with Crippen LogP contribution < -0.4 is 11.1 Å². The first-order valence-electron chi connectivity index (χ1n) is 5.92. The summed E-state index contributed by atoms with van der Waals surface area (Å²) in [6.07, 6.45) is 5.55. The minimum atomic E-state index is 0.292. The number of nitrogens with one attached hydrogen (secondary N) is 1. The fourth-order valence-corrected chi connectivity index (χ4v) is 2.64. The van der Waals surface area contributed by atoms with Crippen molar-refractivity contribution in [2.24, 2.45) is 0 Å². The third-order valence-electron chi connectivity index (χ3n) is 2.86. The molecule has 1 aromatic heterocycles. The highest BCUT2D eigenvalue weighted by Crippen LogP contribution is 2.47. The summed E-state index contributed by atoms with van der Waals surface area (Å²) in [5.41, 5.74) is 7.10. The van der Waals surface area contributed by atoms with Crippen LogP contribution in [0.1, 0.15) is 43.6 Å². The lowest BCUT2D eigenvalue weighted by atomic mass is 10.2. The maximum absolute atomic E-state index is 8.67. The van der Waals surface area contributed by atoms with E-state index in [2.05, 4.69) is 9.69 Å². The maximum Gasteiger partial charge on any atom is 0.142 e. The van der Waals surface area contributed by atoms with Gasteiger partial charge in [-0.15, -0.1) is 0 Å². The normalized spacial score (nSPS) is 15.3. The average Bonchev–Trinajstić information content (AvgIpc) is 3.04. The Morgan fingerprint density at radius 3 is 2.88 bits per heavy atom. The molecule has 0 saturated heterocycles. The monoisotopic (exact) mass is 241 g/mol. The molecule has 1 aliphatic carbocycles. The first-order valence-corrected chi connectivity index (χ1v) is 6.70. The number of hydrogen-bond donors (Lipinski definition) is 3. The van der Waals surface area contributed by atoms with Crippen LogP contribution in [0.5, 0.6) is 0 Å². The minimum absolute atomic E-state index is 0.292. The molecule has 1 fully saturated rings. The minimum Gasteiger partial charge on any atom is -0.396 e. The molecular formula is C11H19N3OS. The Balaban J connectivity index is 1.80. The van der Waals surface area contributed by atoms with Gasteiger partial charge in [-0.1, -0.05) is 0 Å². The molecule has 1 saturated carbocycles. The maximum atomic E-state index is 8.67. The molecule has 0 amide bonds. The standard InChI is InChI=1S/C11H19N3OS/c12-10-9(8-4-5-8)11(16-14-10)13-6-2-1-3-7-15/h8,13,15H,1-7H2,(H2,12,14). The summed E-state index contributed by atoms with van der Waals surface area (Å²) in [5.74, 6) is 1.36. The SMILES string of the molecule is Nc1nsc(NCCCCCO)c1C1CC1. The number of aliphatic hydroxyl groups excluding tert-OH is 1. The van der Waals surface area contributed by atoms with Crippen molar-refractivity contribution in [2.75, 3.05) is 24.2 Å². The zero-order valence-electron chi connectivity index (χ0n) is 9.41. The number of nitrogen functional groups attached to an aromatic ring is 1. The smallest absolute Gasteiger partial charge is 0.142 e. The highest BCUT2D eigenvalue weighted by molar-refractivity contribution is 7.10. The largest absolute Gasteiger partial charge is 0.396 e. The van der Waals surface area contributed by atoms with Gasteiger partial charge in [0.1, 0.15) is 10.8 Å². The number of hydrogen-bond acceptors (Lipinski definition) is 5. The van der Waals surface area contributed by atoms with Gasteiger partial charge in [-0.25, -0.2) is 0 Å². The van der Waals surface area contributed by atoms with Gasteiger partial charge >= 0.3 is 0 Å². The van der Waals surface area contributed by atoms with Gasteiger partial charge in [-0.05, 0) is 49.6 Å². The lowest BCUT2D eigenvalue weighted by Gasteiger charge is -2.05. The van der Waals surface area contributed by atoms with Crippen molar-refractivity contribution >= 4 is 22.4 Å². The number of aromatic nitrogens is 1. The highest BCUT2D eigenvalue weighted by atomic mass is 32.1. The number of nitrogens with two attached hydrogens (primary N) is 1. The quantitative estimate of drug-likeness (QED) is 0.640. The number of nitrogens with zero attached hydrogens (tertiary/aromatic N) is 1. The molecule has 16 heavy (non-hydrogen) atoms. The van der Waals surface area contributed by atoms with Crippen LogP contribution in [0.15, 0.2) is 0 Å². The average molecular weight is 241 g/mol. The second-order valence-electron chi connectivity index (χ2n) is 4.30. The topological polar surface area (TPSA) is 71.2 Å². The zero-order valence-corrected chi connectivity index (χ0v) is 10.2. The van der Waals surface area contributed by atoms with Gasteiger partial charge in [0, 0.05) is 18.7 Å². The summed E-state index contributed by atoms with van der Waals surface area (Å²) in [7, 11) is 0. The van der Waals surface area contributed by atoms with Gasteiger partial charge in [0.15, 0.2) is 0 Å². The van der Waals surface area contributed by atoms with Gasteiger partial charge in [0.05, 0.1) is 0 Å². The van der Waals surface area contributed by atoms with Crippen LogP contribution in [-0.4, -0.2) is 22.6 Å². The van der Waals surface area contributed by atoms with E-state index < -0.39 is 0 Å².